The molecular weight excluding hydrogens is 279 g/mol. The Bertz CT molecular complexity index is 411. The molecule has 2 rings (SSSR count). The van der Waals surface area contributed by atoms with Crippen molar-refractivity contribution in [1.29, 1.82) is 0 Å². The first-order valence-corrected chi connectivity index (χ1v) is 6.69. The Balaban J connectivity index is 2.20. The number of hydrogen-bond donors (Lipinski definition) is 1. The summed E-state index contributed by atoms with van der Waals surface area (Å²) in [5, 5.41) is 8.90. The van der Waals surface area contributed by atoms with Crippen molar-refractivity contribution in [2.45, 2.75) is 11.7 Å². The van der Waals surface area contributed by atoms with E-state index >= 15 is 0 Å². The first-order chi connectivity index (χ1) is 7.20. The number of aromatic nitrogens is 2. The number of hydrogen-bond acceptors (Lipinski definition) is 5. The molecule has 1 unspecified atom stereocenters. The summed E-state index contributed by atoms with van der Waals surface area (Å²) < 4.78 is 7.68. The quantitative estimate of drug-likeness (QED) is 0.644. The van der Waals surface area contributed by atoms with Crippen LogP contribution >= 0.6 is 11.8 Å². The molecule has 7 heteroatoms. The molecule has 2 heterocycles. The zero-order valence-electron chi connectivity index (χ0n) is 7.87. The zero-order chi connectivity index (χ0) is 10.8. The van der Waals surface area contributed by atoms with E-state index in [1.54, 1.807) is 12.3 Å². The molecule has 1 N–H and O–H groups in total. The summed E-state index contributed by atoms with van der Waals surface area (Å²) in [7, 11) is 0. The van der Waals surface area contributed by atoms with Gasteiger partial charge in [0.2, 0.25) is 0 Å². The van der Waals surface area contributed by atoms with Crippen LogP contribution in [0.4, 0.5) is 0 Å². The van der Waals surface area contributed by atoms with Crippen LogP contribution in [0, 0.1) is 0 Å². The minimum atomic E-state index is -0.305. The molecule has 0 aromatic carbocycles. The first kappa shape index (κ1) is 11.2. The van der Waals surface area contributed by atoms with E-state index in [0.717, 1.165) is 4.48 Å². The van der Waals surface area contributed by atoms with E-state index in [1.165, 1.54) is 33.2 Å². The Labute approximate surface area is 99.3 Å². The second-order valence-corrected chi connectivity index (χ2v) is 5.51. The Morgan fingerprint density at radius 2 is 2.60 bits per heavy atom. The summed E-state index contributed by atoms with van der Waals surface area (Å²) in [6, 6.07) is 1.79. The molecule has 82 valence electrons. The maximum absolute atomic E-state index is 11.5. The van der Waals surface area contributed by atoms with Gasteiger partial charge in [0.15, 0.2) is 0 Å². The second-order valence-electron chi connectivity index (χ2n) is 3.08. The molecule has 5 nitrogen and oxygen atoms in total. The zero-order valence-corrected chi connectivity index (χ0v) is 11.1. The van der Waals surface area contributed by atoms with Crippen LogP contribution in [0.1, 0.15) is 6.23 Å². The van der Waals surface area contributed by atoms with Gasteiger partial charge < -0.3 is 0 Å². The van der Waals surface area contributed by atoms with Gasteiger partial charge in [0.1, 0.15) is 0 Å². The molecular formula is C8H11AsN2O3S. The van der Waals surface area contributed by atoms with E-state index in [0.29, 0.717) is 5.75 Å². The van der Waals surface area contributed by atoms with Crippen molar-refractivity contribution >= 4 is 33.1 Å². The van der Waals surface area contributed by atoms with Crippen molar-refractivity contribution in [2.75, 3.05) is 12.4 Å². The number of aliphatic hydroxyl groups excluding tert-OH is 1. The average Bonchev–Trinajstić information content (AvgIpc) is 2.66. The molecule has 1 fully saturated rings. The summed E-state index contributed by atoms with van der Waals surface area (Å²) in [5.74, 6) is 0.668. The van der Waals surface area contributed by atoms with E-state index in [1.807, 2.05) is 0 Å². The van der Waals surface area contributed by atoms with Crippen LogP contribution in [0.15, 0.2) is 17.1 Å². The fourth-order valence-corrected chi connectivity index (χ4v) is 2.67. The molecule has 15 heavy (non-hydrogen) atoms. The number of thioether (sulfide) groups is 1. The van der Waals surface area contributed by atoms with E-state index in [2.05, 4.69) is 4.98 Å². The summed E-state index contributed by atoms with van der Waals surface area (Å²) in [5.41, 5.74) is -0.520. The topological polar surface area (TPSA) is 64.4 Å². The van der Waals surface area contributed by atoms with Crippen molar-refractivity contribution in [1.82, 2.24) is 9.55 Å². The summed E-state index contributed by atoms with van der Waals surface area (Å²) in [6.07, 6.45) is 1.39. The third-order valence-corrected chi connectivity index (χ3v) is 3.83. The predicted octanol–water partition coefficient (Wildman–Crippen LogP) is -1.92. The Hall–Kier alpha value is -0.292. The SMILES string of the molecule is O=c1nc([AsH2])ccn1[C@@H]1CS[C@H](CO)O1. The van der Waals surface area contributed by atoms with E-state index in [-0.39, 0.29) is 24.0 Å². The van der Waals surface area contributed by atoms with Gasteiger partial charge in [0.05, 0.1) is 0 Å². The van der Waals surface area contributed by atoms with Crippen LogP contribution < -0.4 is 10.2 Å². The van der Waals surface area contributed by atoms with Gasteiger partial charge in [-0.05, 0) is 0 Å². The van der Waals surface area contributed by atoms with Crippen LogP contribution in [-0.2, 0) is 4.74 Å². The van der Waals surface area contributed by atoms with Crippen molar-refractivity contribution in [3.05, 3.63) is 22.7 Å². The van der Waals surface area contributed by atoms with Gasteiger partial charge in [-0.15, -0.1) is 0 Å². The Kier molecular flexibility index (Phi) is 3.51. The Morgan fingerprint density at radius 3 is 3.20 bits per heavy atom. The van der Waals surface area contributed by atoms with Crippen LogP contribution in [-0.4, -0.2) is 49.3 Å². The van der Waals surface area contributed by atoms with Crippen molar-refractivity contribution < 1.29 is 9.84 Å². The third-order valence-electron chi connectivity index (χ3n) is 2.04. The normalized spacial score (nSPS) is 25.7. The van der Waals surface area contributed by atoms with Gasteiger partial charge in [-0.1, -0.05) is 0 Å². The van der Waals surface area contributed by atoms with Gasteiger partial charge in [0, 0.05) is 0 Å². The van der Waals surface area contributed by atoms with Crippen molar-refractivity contribution in [3.8, 4) is 0 Å². The molecule has 1 saturated heterocycles. The van der Waals surface area contributed by atoms with Gasteiger partial charge in [-0.3, -0.25) is 0 Å². The molecule has 0 amide bonds. The molecule has 0 bridgehead atoms. The van der Waals surface area contributed by atoms with E-state index < -0.39 is 0 Å². The Morgan fingerprint density at radius 1 is 1.80 bits per heavy atom. The monoisotopic (exact) mass is 290 g/mol. The molecule has 1 aliphatic heterocycles. The number of aliphatic hydroxyl groups is 1. The molecule has 3 atom stereocenters. The first-order valence-electron chi connectivity index (χ1n) is 4.43. The standard InChI is InChI=1S/C8H11AsN2O3S/c9-5-1-2-11(8(13)10-5)6-4-15-7(3-12)14-6/h1-2,6-7,12H,3-4,9H2/t6-,7+/m0/s1. The molecule has 1 aliphatic rings. The number of ether oxygens (including phenoxy) is 1. The van der Waals surface area contributed by atoms with Gasteiger partial charge in [0.25, 0.3) is 0 Å². The van der Waals surface area contributed by atoms with Crippen LogP contribution in [0.25, 0.3) is 0 Å². The summed E-state index contributed by atoms with van der Waals surface area (Å²) in [6.45, 7) is -0.0294. The van der Waals surface area contributed by atoms with Gasteiger partial charge in [-0.25, -0.2) is 0 Å². The predicted molar refractivity (Wildman–Crippen MR) is 60.1 cm³/mol. The van der Waals surface area contributed by atoms with Crippen LogP contribution in [0.2, 0.25) is 0 Å². The van der Waals surface area contributed by atoms with Gasteiger partial charge >= 0.3 is 99.3 Å². The van der Waals surface area contributed by atoms with E-state index in [4.69, 9.17) is 9.84 Å². The van der Waals surface area contributed by atoms with Gasteiger partial charge in [-0.2, -0.15) is 0 Å². The fourth-order valence-electron chi connectivity index (χ4n) is 1.33. The molecule has 0 spiro atoms. The maximum atomic E-state index is 11.5. The third kappa shape index (κ3) is 2.45. The van der Waals surface area contributed by atoms with Crippen molar-refractivity contribution in [3.63, 3.8) is 0 Å². The van der Waals surface area contributed by atoms with E-state index in [9.17, 15) is 4.79 Å². The average molecular weight is 290 g/mol. The molecule has 0 aliphatic carbocycles. The summed E-state index contributed by atoms with van der Waals surface area (Å²) >= 11 is 2.82. The summed E-state index contributed by atoms with van der Waals surface area (Å²) in [4.78, 5) is 15.4. The fraction of sp³-hybridized carbons (Fsp3) is 0.500. The minimum absolute atomic E-state index is 0.0294. The second kappa shape index (κ2) is 4.70. The van der Waals surface area contributed by atoms with Crippen LogP contribution in [0.3, 0.4) is 0 Å². The van der Waals surface area contributed by atoms with Crippen molar-refractivity contribution in [2.24, 2.45) is 0 Å². The molecule has 1 aromatic rings. The molecule has 0 saturated carbocycles. The molecule has 0 radical (unpaired) electrons. The van der Waals surface area contributed by atoms with Crippen LogP contribution in [0.5, 0.6) is 0 Å². The number of rotatable bonds is 2. The number of nitrogens with zero attached hydrogens (tertiary/aromatic N) is 2. The molecule has 1 aromatic heterocycles.